The number of aryl methyl sites for hydroxylation is 1. The van der Waals surface area contributed by atoms with Gasteiger partial charge in [0.15, 0.2) is 5.96 Å². The Balaban J connectivity index is 1.51. The molecule has 0 aliphatic carbocycles. The molecule has 0 saturated carbocycles. The molecule has 0 unspecified atom stereocenters. The molecule has 1 aromatic heterocycles. The first-order chi connectivity index (χ1) is 14.7. The van der Waals surface area contributed by atoms with Gasteiger partial charge in [-0.3, -0.25) is 9.79 Å². The van der Waals surface area contributed by atoms with Crippen LogP contribution in [0.3, 0.4) is 0 Å². The number of aromatic nitrogens is 3. The van der Waals surface area contributed by atoms with Crippen LogP contribution in [0, 0.1) is 0 Å². The Bertz CT molecular complexity index is 859. The van der Waals surface area contributed by atoms with E-state index in [1.807, 2.05) is 24.3 Å². The first kappa shape index (κ1) is 21.8. The fourth-order valence-electron chi connectivity index (χ4n) is 3.68. The summed E-state index contributed by atoms with van der Waals surface area (Å²) < 4.78 is 2.28. The molecule has 0 saturated heterocycles. The number of guanidine groups is 1. The topological polar surface area (TPSA) is 96.2 Å². The van der Waals surface area contributed by atoms with Crippen molar-refractivity contribution in [1.29, 1.82) is 0 Å². The van der Waals surface area contributed by atoms with E-state index in [0.717, 1.165) is 62.1 Å². The number of amides is 1. The number of benzene rings is 1. The fraction of sp³-hybridized carbons (Fsp3) is 0.545. The molecule has 3 N–H and O–H groups in total. The van der Waals surface area contributed by atoms with Crippen molar-refractivity contribution in [3.05, 3.63) is 47.0 Å². The van der Waals surface area contributed by atoms with E-state index in [9.17, 15) is 4.79 Å². The quantitative estimate of drug-likeness (QED) is 0.454. The van der Waals surface area contributed by atoms with Crippen LogP contribution in [0.4, 0.5) is 0 Å². The fourth-order valence-corrected chi connectivity index (χ4v) is 3.68. The van der Waals surface area contributed by atoms with Crippen LogP contribution in [-0.2, 0) is 25.8 Å². The third-order valence-corrected chi connectivity index (χ3v) is 5.26. The molecule has 2 heterocycles. The van der Waals surface area contributed by atoms with Gasteiger partial charge in [-0.05, 0) is 43.9 Å². The van der Waals surface area contributed by atoms with E-state index < -0.39 is 0 Å². The van der Waals surface area contributed by atoms with Crippen molar-refractivity contribution in [3.8, 4) is 0 Å². The minimum atomic E-state index is -0.0638. The molecule has 30 heavy (non-hydrogen) atoms. The van der Waals surface area contributed by atoms with E-state index in [2.05, 4.69) is 37.6 Å². The van der Waals surface area contributed by atoms with Gasteiger partial charge < -0.3 is 20.5 Å². The predicted molar refractivity (Wildman–Crippen MR) is 119 cm³/mol. The van der Waals surface area contributed by atoms with Gasteiger partial charge in [-0.25, -0.2) is 0 Å². The summed E-state index contributed by atoms with van der Waals surface area (Å²) in [5.41, 5.74) is 1.80. The summed E-state index contributed by atoms with van der Waals surface area (Å²) in [6.07, 6.45) is 6.30. The number of hydrogen-bond donors (Lipinski definition) is 3. The van der Waals surface area contributed by atoms with Crippen molar-refractivity contribution in [2.24, 2.45) is 4.99 Å². The monoisotopic (exact) mass is 411 g/mol. The predicted octanol–water partition coefficient (Wildman–Crippen LogP) is 1.70. The van der Waals surface area contributed by atoms with Gasteiger partial charge in [-0.1, -0.05) is 18.6 Å². The van der Waals surface area contributed by atoms with Crippen LogP contribution >= 0.6 is 0 Å². The second kappa shape index (κ2) is 11.3. The molecule has 0 radical (unpaired) electrons. The van der Waals surface area contributed by atoms with Crippen molar-refractivity contribution < 1.29 is 4.79 Å². The minimum Gasteiger partial charge on any atom is -0.357 e. The SMILES string of the molecule is CCNC(=NCCc1nnc2n1CCCCC2)NCCc1cccc(C(=O)NC)c1. The molecule has 2 aromatic rings. The Labute approximate surface area is 178 Å². The molecule has 0 bridgehead atoms. The molecule has 3 rings (SSSR count). The molecule has 1 aromatic carbocycles. The first-order valence-corrected chi connectivity index (χ1v) is 11.0. The molecule has 1 amide bonds. The maximum absolute atomic E-state index is 11.8. The van der Waals surface area contributed by atoms with E-state index in [0.29, 0.717) is 12.1 Å². The van der Waals surface area contributed by atoms with Crippen LogP contribution in [0.2, 0.25) is 0 Å². The second-order valence-corrected chi connectivity index (χ2v) is 7.46. The Morgan fingerprint density at radius 1 is 1.17 bits per heavy atom. The Hall–Kier alpha value is -2.90. The lowest BCUT2D eigenvalue weighted by Gasteiger charge is -2.12. The number of aliphatic imine (C=N–C) groups is 1. The summed E-state index contributed by atoms with van der Waals surface area (Å²) in [5.74, 6) is 2.90. The average Bonchev–Trinajstić information content (AvgIpc) is 2.99. The van der Waals surface area contributed by atoms with E-state index in [1.54, 1.807) is 7.05 Å². The number of hydrogen-bond acceptors (Lipinski definition) is 4. The molecule has 0 atom stereocenters. The van der Waals surface area contributed by atoms with Gasteiger partial charge >= 0.3 is 0 Å². The Morgan fingerprint density at radius 3 is 2.90 bits per heavy atom. The Morgan fingerprint density at radius 2 is 2.07 bits per heavy atom. The van der Waals surface area contributed by atoms with Crippen LogP contribution in [0.15, 0.2) is 29.3 Å². The highest BCUT2D eigenvalue weighted by Gasteiger charge is 2.14. The van der Waals surface area contributed by atoms with Gasteiger partial charge in [0.05, 0.1) is 0 Å². The van der Waals surface area contributed by atoms with Crippen molar-refractivity contribution in [2.45, 2.75) is 52.0 Å². The zero-order valence-electron chi connectivity index (χ0n) is 18.1. The van der Waals surface area contributed by atoms with Gasteiger partial charge in [-0.2, -0.15) is 0 Å². The van der Waals surface area contributed by atoms with E-state index in [4.69, 9.17) is 4.99 Å². The lowest BCUT2D eigenvalue weighted by molar-refractivity contribution is 0.0963. The summed E-state index contributed by atoms with van der Waals surface area (Å²) in [6, 6.07) is 7.71. The van der Waals surface area contributed by atoms with E-state index >= 15 is 0 Å². The Kier molecular flexibility index (Phi) is 8.23. The highest BCUT2D eigenvalue weighted by atomic mass is 16.1. The number of fused-ring (bicyclic) bond motifs is 1. The minimum absolute atomic E-state index is 0.0638. The lowest BCUT2D eigenvalue weighted by atomic mass is 10.1. The number of carbonyl (C=O) groups is 1. The highest BCUT2D eigenvalue weighted by Crippen LogP contribution is 2.14. The second-order valence-electron chi connectivity index (χ2n) is 7.46. The average molecular weight is 412 g/mol. The number of nitrogens with one attached hydrogen (secondary N) is 3. The van der Waals surface area contributed by atoms with Crippen LogP contribution in [0.25, 0.3) is 0 Å². The summed E-state index contributed by atoms with van der Waals surface area (Å²) in [4.78, 5) is 16.5. The molecule has 162 valence electrons. The number of carbonyl (C=O) groups excluding carboxylic acids is 1. The van der Waals surface area contributed by atoms with Gasteiger partial charge in [-0.15, -0.1) is 10.2 Å². The van der Waals surface area contributed by atoms with Crippen LogP contribution in [-0.4, -0.2) is 53.3 Å². The van der Waals surface area contributed by atoms with Gasteiger partial charge in [0.1, 0.15) is 11.6 Å². The summed E-state index contributed by atoms with van der Waals surface area (Å²) in [7, 11) is 1.65. The molecule has 8 heteroatoms. The van der Waals surface area contributed by atoms with E-state index in [1.165, 1.54) is 19.3 Å². The van der Waals surface area contributed by atoms with Crippen LogP contribution in [0.1, 0.15) is 53.8 Å². The van der Waals surface area contributed by atoms with Gasteiger partial charge in [0.25, 0.3) is 5.91 Å². The maximum Gasteiger partial charge on any atom is 0.251 e. The van der Waals surface area contributed by atoms with Crippen LogP contribution in [0.5, 0.6) is 0 Å². The standard InChI is InChI=1S/C22H33N7O/c1-3-24-22(25-13-11-17-8-7-9-18(16-17)21(30)23-2)26-14-12-20-28-27-19-10-5-4-6-15-29(19)20/h7-9,16H,3-6,10-15H2,1-2H3,(H,23,30)(H2,24,25,26). The largest absolute Gasteiger partial charge is 0.357 e. The van der Waals surface area contributed by atoms with Crippen molar-refractivity contribution in [3.63, 3.8) is 0 Å². The zero-order chi connectivity index (χ0) is 21.2. The van der Waals surface area contributed by atoms with Crippen molar-refractivity contribution in [1.82, 2.24) is 30.7 Å². The van der Waals surface area contributed by atoms with E-state index in [-0.39, 0.29) is 5.91 Å². The normalized spacial score (nSPS) is 14.0. The lowest BCUT2D eigenvalue weighted by Crippen LogP contribution is -2.38. The maximum atomic E-state index is 11.8. The highest BCUT2D eigenvalue weighted by molar-refractivity contribution is 5.94. The number of rotatable bonds is 8. The first-order valence-electron chi connectivity index (χ1n) is 11.0. The number of nitrogens with zero attached hydrogens (tertiary/aromatic N) is 4. The zero-order valence-corrected chi connectivity index (χ0v) is 18.1. The summed E-state index contributed by atoms with van der Waals surface area (Å²) in [5, 5.41) is 18.1. The third-order valence-electron chi connectivity index (χ3n) is 5.26. The van der Waals surface area contributed by atoms with Crippen molar-refractivity contribution >= 4 is 11.9 Å². The molecule has 0 spiro atoms. The molecule has 8 nitrogen and oxygen atoms in total. The molecule has 1 aliphatic rings. The summed E-state index contributed by atoms with van der Waals surface area (Å²) >= 11 is 0. The van der Waals surface area contributed by atoms with Gasteiger partial charge in [0, 0.05) is 51.6 Å². The van der Waals surface area contributed by atoms with Crippen molar-refractivity contribution in [2.75, 3.05) is 26.7 Å². The molecular weight excluding hydrogens is 378 g/mol. The molecule has 0 fully saturated rings. The smallest absolute Gasteiger partial charge is 0.251 e. The molecular formula is C22H33N7O. The third kappa shape index (κ3) is 6.05. The molecule has 1 aliphatic heterocycles. The summed E-state index contributed by atoms with van der Waals surface area (Å²) in [6.45, 7) is 5.29. The van der Waals surface area contributed by atoms with Crippen LogP contribution < -0.4 is 16.0 Å². The van der Waals surface area contributed by atoms with Gasteiger partial charge in [0.2, 0.25) is 0 Å².